The Morgan fingerprint density at radius 1 is 0.939 bits per heavy atom. The number of fused-ring (bicyclic) bond motifs is 3. The third-order valence-corrected chi connectivity index (χ3v) is 6.23. The first-order valence-corrected chi connectivity index (χ1v) is 10.8. The van der Waals surface area contributed by atoms with Gasteiger partial charge in [0.15, 0.2) is 0 Å². The van der Waals surface area contributed by atoms with Crippen molar-refractivity contribution in [2.45, 2.75) is 24.5 Å². The van der Waals surface area contributed by atoms with Crippen molar-refractivity contribution < 1.29 is 28.6 Å². The molecule has 6 nitrogen and oxygen atoms in total. The molecular weight excluding hydrogens is 425 g/mol. The standard InChI is InChI=1S/C26H22FNO5/c27-16-9-11-17(12-10-16)33-18-13-24(25(29)30)28(14-18)26(31)32-15-23-21-7-3-1-5-19(21)20-6-2-4-8-22(20)23/h1-12,18,23-24H,13-15H2,(H,29,30)/t18-,24+/m1/s1. The Labute approximate surface area is 190 Å². The normalized spacial score (nSPS) is 19.1. The number of hydrogen-bond donors (Lipinski definition) is 1. The lowest BCUT2D eigenvalue weighted by Gasteiger charge is -2.22. The van der Waals surface area contributed by atoms with Crippen LogP contribution in [-0.4, -0.2) is 47.4 Å². The smallest absolute Gasteiger partial charge is 0.410 e. The molecule has 3 aromatic carbocycles. The number of benzene rings is 3. The first-order chi connectivity index (χ1) is 16.0. The summed E-state index contributed by atoms with van der Waals surface area (Å²) in [4.78, 5) is 25.9. The monoisotopic (exact) mass is 447 g/mol. The maximum atomic E-state index is 13.1. The van der Waals surface area contributed by atoms with Crippen LogP contribution in [-0.2, 0) is 9.53 Å². The summed E-state index contributed by atoms with van der Waals surface area (Å²) in [6.45, 7) is 0.185. The summed E-state index contributed by atoms with van der Waals surface area (Å²) >= 11 is 0. The topological polar surface area (TPSA) is 76.1 Å². The lowest BCUT2D eigenvalue weighted by Crippen LogP contribution is -2.41. The fourth-order valence-corrected chi connectivity index (χ4v) is 4.70. The van der Waals surface area contributed by atoms with Gasteiger partial charge >= 0.3 is 12.1 Å². The lowest BCUT2D eigenvalue weighted by molar-refractivity contribution is -0.141. The summed E-state index contributed by atoms with van der Waals surface area (Å²) in [6, 6.07) is 20.4. The molecule has 7 heteroatoms. The van der Waals surface area contributed by atoms with Gasteiger partial charge in [-0.1, -0.05) is 48.5 Å². The molecule has 0 aromatic heterocycles. The zero-order valence-corrected chi connectivity index (χ0v) is 17.7. The van der Waals surface area contributed by atoms with Crippen molar-refractivity contribution in [1.29, 1.82) is 0 Å². The van der Waals surface area contributed by atoms with Gasteiger partial charge in [0.25, 0.3) is 0 Å². The molecule has 0 saturated carbocycles. The molecule has 2 aliphatic rings. The molecule has 1 saturated heterocycles. The predicted octanol–water partition coefficient (Wildman–Crippen LogP) is 4.68. The molecule has 1 amide bonds. The third kappa shape index (κ3) is 4.02. The third-order valence-electron chi connectivity index (χ3n) is 6.23. The fourth-order valence-electron chi connectivity index (χ4n) is 4.70. The summed E-state index contributed by atoms with van der Waals surface area (Å²) in [7, 11) is 0. The van der Waals surface area contributed by atoms with Gasteiger partial charge in [0, 0.05) is 12.3 Å². The van der Waals surface area contributed by atoms with Crippen LogP contribution >= 0.6 is 0 Å². The fraction of sp³-hybridized carbons (Fsp3) is 0.231. The van der Waals surface area contributed by atoms with Crippen LogP contribution in [0, 0.1) is 5.82 Å². The second-order valence-electron chi connectivity index (χ2n) is 8.24. The quantitative estimate of drug-likeness (QED) is 0.615. The van der Waals surface area contributed by atoms with Gasteiger partial charge in [-0.15, -0.1) is 0 Å². The maximum absolute atomic E-state index is 13.1. The Hall–Kier alpha value is -3.87. The van der Waals surface area contributed by atoms with E-state index in [-0.39, 0.29) is 25.5 Å². The number of carbonyl (C=O) groups is 2. The number of ether oxygens (including phenoxy) is 2. The van der Waals surface area contributed by atoms with Crippen molar-refractivity contribution >= 4 is 12.1 Å². The number of likely N-dealkylation sites (tertiary alicyclic amines) is 1. The second kappa shape index (κ2) is 8.58. The van der Waals surface area contributed by atoms with Crippen molar-refractivity contribution in [2.75, 3.05) is 13.2 Å². The summed E-state index contributed by atoms with van der Waals surface area (Å²) < 4.78 is 24.6. The van der Waals surface area contributed by atoms with Crippen LogP contribution in [0.5, 0.6) is 5.75 Å². The Bertz CT molecular complexity index is 1150. The van der Waals surface area contributed by atoms with Gasteiger partial charge in [0.2, 0.25) is 0 Å². The summed E-state index contributed by atoms with van der Waals surface area (Å²) in [6.07, 6.45) is -1.09. The van der Waals surface area contributed by atoms with E-state index in [2.05, 4.69) is 0 Å². The number of carboxylic acids is 1. The van der Waals surface area contributed by atoms with Crippen LogP contribution in [0.4, 0.5) is 9.18 Å². The number of hydrogen-bond acceptors (Lipinski definition) is 4. The number of halogens is 1. The van der Waals surface area contributed by atoms with Crippen LogP contribution < -0.4 is 4.74 Å². The molecule has 0 radical (unpaired) electrons. The van der Waals surface area contributed by atoms with Crippen LogP contribution in [0.15, 0.2) is 72.8 Å². The number of carboxylic acid groups (broad SMARTS) is 1. The summed E-state index contributed by atoms with van der Waals surface area (Å²) in [5, 5.41) is 9.64. The van der Waals surface area contributed by atoms with Crippen LogP contribution in [0.1, 0.15) is 23.5 Å². The number of aliphatic carboxylic acids is 1. The van der Waals surface area contributed by atoms with Crippen molar-refractivity contribution in [1.82, 2.24) is 4.90 Å². The Balaban J connectivity index is 1.29. The van der Waals surface area contributed by atoms with E-state index in [1.54, 1.807) is 0 Å². The number of carbonyl (C=O) groups excluding carboxylic acids is 1. The van der Waals surface area contributed by atoms with E-state index in [0.29, 0.717) is 5.75 Å². The van der Waals surface area contributed by atoms with Gasteiger partial charge in [0.1, 0.15) is 30.3 Å². The average molecular weight is 447 g/mol. The number of nitrogens with zero attached hydrogens (tertiary/aromatic N) is 1. The van der Waals surface area contributed by atoms with E-state index >= 15 is 0 Å². The molecule has 5 rings (SSSR count). The molecule has 0 bridgehead atoms. The highest BCUT2D eigenvalue weighted by Crippen LogP contribution is 2.44. The molecule has 3 aromatic rings. The first kappa shape index (κ1) is 21.0. The molecule has 33 heavy (non-hydrogen) atoms. The van der Waals surface area contributed by atoms with E-state index in [1.807, 2.05) is 48.5 Å². The molecule has 1 aliphatic carbocycles. The van der Waals surface area contributed by atoms with Crippen LogP contribution in [0.25, 0.3) is 11.1 Å². The van der Waals surface area contributed by atoms with Gasteiger partial charge in [-0.25, -0.2) is 14.0 Å². The Morgan fingerprint density at radius 3 is 2.15 bits per heavy atom. The highest BCUT2D eigenvalue weighted by atomic mass is 19.1. The summed E-state index contributed by atoms with van der Waals surface area (Å²) in [5.41, 5.74) is 4.40. The molecular formula is C26H22FNO5. The van der Waals surface area contributed by atoms with Crippen molar-refractivity contribution in [3.05, 3.63) is 89.7 Å². The highest BCUT2D eigenvalue weighted by molar-refractivity contribution is 5.81. The van der Waals surface area contributed by atoms with Crippen molar-refractivity contribution in [3.8, 4) is 16.9 Å². The minimum Gasteiger partial charge on any atom is -0.488 e. The minimum absolute atomic E-state index is 0.0744. The molecule has 168 valence electrons. The maximum Gasteiger partial charge on any atom is 0.410 e. The zero-order chi connectivity index (χ0) is 22.9. The Morgan fingerprint density at radius 2 is 1.55 bits per heavy atom. The van der Waals surface area contributed by atoms with E-state index < -0.39 is 30.0 Å². The Kier molecular flexibility index (Phi) is 5.46. The van der Waals surface area contributed by atoms with E-state index in [4.69, 9.17) is 9.47 Å². The SMILES string of the molecule is O=C(O)[C@@H]1C[C@@H](Oc2ccc(F)cc2)CN1C(=O)OCC1c2ccccc2-c2ccccc21. The van der Waals surface area contributed by atoms with Crippen molar-refractivity contribution in [2.24, 2.45) is 0 Å². The van der Waals surface area contributed by atoms with Gasteiger partial charge in [-0.05, 0) is 46.5 Å². The van der Waals surface area contributed by atoms with E-state index in [0.717, 1.165) is 22.3 Å². The van der Waals surface area contributed by atoms with Crippen molar-refractivity contribution in [3.63, 3.8) is 0 Å². The molecule has 1 fully saturated rings. The van der Waals surface area contributed by atoms with Crippen LogP contribution in [0.2, 0.25) is 0 Å². The van der Waals surface area contributed by atoms with Gasteiger partial charge in [-0.3, -0.25) is 4.90 Å². The first-order valence-electron chi connectivity index (χ1n) is 10.8. The summed E-state index contributed by atoms with van der Waals surface area (Å²) in [5.74, 6) is -1.20. The average Bonchev–Trinajstić information content (AvgIpc) is 3.39. The molecule has 1 N–H and O–H groups in total. The molecule has 2 atom stereocenters. The second-order valence-corrected chi connectivity index (χ2v) is 8.24. The molecule has 1 aliphatic heterocycles. The van der Waals surface area contributed by atoms with Crippen LogP contribution in [0.3, 0.4) is 0 Å². The number of amides is 1. The molecule has 1 heterocycles. The predicted molar refractivity (Wildman–Crippen MR) is 119 cm³/mol. The lowest BCUT2D eigenvalue weighted by atomic mass is 9.98. The number of rotatable bonds is 5. The van der Waals surface area contributed by atoms with Gasteiger partial charge < -0.3 is 14.6 Å². The molecule has 0 spiro atoms. The van der Waals surface area contributed by atoms with E-state index in [9.17, 15) is 19.1 Å². The highest BCUT2D eigenvalue weighted by Gasteiger charge is 2.42. The van der Waals surface area contributed by atoms with E-state index in [1.165, 1.54) is 29.2 Å². The molecule has 0 unspecified atom stereocenters. The largest absolute Gasteiger partial charge is 0.488 e. The minimum atomic E-state index is -1.12. The zero-order valence-electron chi connectivity index (χ0n) is 17.7. The van der Waals surface area contributed by atoms with Gasteiger partial charge in [0.05, 0.1) is 6.54 Å². The van der Waals surface area contributed by atoms with Gasteiger partial charge in [-0.2, -0.15) is 0 Å².